The SMILES string of the molecule is CC(C)NCCc1nc(C(C)C)n[nH]1. The van der Waals surface area contributed by atoms with Crippen LogP contribution in [0.5, 0.6) is 0 Å². The average molecular weight is 196 g/mol. The monoisotopic (exact) mass is 196 g/mol. The minimum atomic E-state index is 0.401. The lowest BCUT2D eigenvalue weighted by Crippen LogP contribution is -2.25. The predicted octanol–water partition coefficient (Wildman–Crippen LogP) is 1.47. The standard InChI is InChI=1S/C10H20N4/c1-7(2)10-12-9(13-14-10)5-6-11-8(3)4/h7-8,11H,5-6H2,1-4H3,(H,12,13,14). The summed E-state index contributed by atoms with van der Waals surface area (Å²) in [6.07, 6.45) is 0.915. The first-order chi connectivity index (χ1) is 6.59. The van der Waals surface area contributed by atoms with Crippen molar-refractivity contribution in [1.29, 1.82) is 0 Å². The Morgan fingerprint density at radius 2 is 2.00 bits per heavy atom. The molecule has 0 amide bonds. The van der Waals surface area contributed by atoms with E-state index in [4.69, 9.17) is 0 Å². The van der Waals surface area contributed by atoms with E-state index in [1.807, 2.05) is 0 Å². The highest BCUT2D eigenvalue weighted by Crippen LogP contribution is 2.07. The van der Waals surface area contributed by atoms with Crippen molar-refractivity contribution in [3.63, 3.8) is 0 Å². The van der Waals surface area contributed by atoms with Gasteiger partial charge < -0.3 is 5.32 Å². The van der Waals surface area contributed by atoms with Crippen LogP contribution < -0.4 is 5.32 Å². The van der Waals surface area contributed by atoms with Gasteiger partial charge in [-0.15, -0.1) is 0 Å². The van der Waals surface area contributed by atoms with Crippen LogP contribution in [0, 0.1) is 0 Å². The average Bonchev–Trinajstić information content (AvgIpc) is 2.52. The summed E-state index contributed by atoms with van der Waals surface area (Å²) in [5.41, 5.74) is 0. The lowest BCUT2D eigenvalue weighted by atomic mass is 10.2. The van der Waals surface area contributed by atoms with Gasteiger partial charge in [0.1, 0.15) is 5.82 Å². The van der Waals surface area contributed by atoms with Crippen LogP contribution in [0.25, 0.3) is 0 Å². The molecule has 0 spiro atoms. The van der Waals surface area contributed by atoms with E-state index in [1.54, 1.807) is 0 Å². The zero-order valence-corrected chi connectivity index (χ0v) is 9.46. The highest BCUT2D eigenvalue weighted by Gasteiger charge is 2.06. The van der Waals surface area contributed by atoms with E-state index in [0.717, 1.165) is 24.6 Å². The summed E-state index contributed by atoms with van der Waals surface area (Å²) in [5.74, 6) is 2.28. The fraction of sp³-hybridized carbons (Fsp3) is 0.800. The van der Waals surface area contributed by atoms with Crippen molar-refractivity contribution in [3.8, 4) is 0 Å². The summed E-state index contributed by atoms with van der Waals surface area (Å²) in [7, 11) is 0. The zero-order chi connectivity index (χ0) is 10.6. The van der Waals surface area contributed by atoms with Crippen LogP contribution in [-0.2, 0) is 6.42 Å². The molecule has 0 aliphatic carbocycles. The van der Waals surface area contributed by atoms with Crippen LogP contribution in [0.1, 0.15) is 45.3 Å². The van der Waals surface area contributed by atoms with Gasteiger partial charge in [-0.25, -0.2) is 4.98 Å². The minimum Gasteiger partial charge on any atom is -0.314 e. The molecule has 0 aliphatic heterocycles. The lowest BCUT2D eigenvalue weighted by Gasteiger charge is -2.05. The van der Waals surface area contributed by atoms with Crippen LogP contribution in [0.15, 0.2) is 0 Å². The van der Waals surface area contributed by atoms with E-state index in [2.05, 4.69) is 48.2 Å². The maximum atomic E-state index is 4.40. The Morgan fingerprint density at radius 3 is 2.50 bits per heavy atom. The largest absolute Gasteiger partial charge is 0.314 e. The third-order valence-corrected chi connectivity index (χ3v) is 1.98. The van der Waals surface area contributed by atoms with Gasteiger partial charge in [0.25, 0.3) is 0 Å². The summed E-state index contributed by atoms with van der Waals surface area (Å²) in [4.78, 5) is 4.40. The normalized spacial score (nSPS) is 11.6. The molecule has 1 rings (SSSR count). The second-order valence-corrected chi connectivity index (χ2v) is 4.15. The predicted molar refractivity (Wildman–Crippen MR) is 57.3 cm³/mol. The molecule has 0 saturated heterocycles. The van der Waals surface area contributed by atoms with Gasteiger partial charge in [-0.3, -0.25) is 5.10 Å². The van der Waals surface area contributed by atoms with Gasteiger partial charge in [-0.05, 0) is 0 Å². The lowest BCUT2D eigenvalue weighted by molar-refractivity contribution is 0.583. The molecular weight excluding hydrogens is 176 g/mol. The Labute approximate surface area is 85.5 Å². The highest BCUT2D eigenvalue weighted by molar-refractivity contribution is 4.95. The molecule has 1 heterocycles. The van der Waals surface area contributed by atoms with E-state index in [9.17, 15) is 0 Å². The number of hydrogen-bond acceptors (Lipinski definition) is 3. The fourth-order valence-electron chi connectivity index (χ4n) is 1.16. The Balaban J connectivity index is 2.36. The molecule has 0 radical (unpaired) electrons. The second-order valence-electron chi connectivity index (χ2n) is 4.15. The van der Waals surface area contributed by atoms with Gasteiger partial charge in [0.05, 0.1) is 0 Å². The summed E-state index contributed by atoms with van der Waals surface area (Å²) in [6.45, 7) is 9.42. The minimum absolute atomic E-state index is 0.401. The molecule has 1 aromatic heterocycles. The number of rotatable bonds is 5. The second kappa shape index (κ2) is 5.10. The molecule has 80 valence electrons. The number of aromatic nitrogens is 3. The van der Waals surface area contributed by atoms with E-state index in [-0.39, 0.29) is 0 Å². The molecule has 2 N–H and O–H groups in total. The molecule has 0 fully saturated rings. The van der Waals surface area contributed by atoms with Crippen molar-refractivity contribution in [2.75, 3.05) is 6.54 Å². The molecule has 0 saturated carbocycles. The molecule has 14 heavy (non-hydrogen) atoms. The molecule has 0 bridgehead atoms. The summed E-state index contributed by atoms with van der Waals surface area (Å²) in [5, 5.41) is 10.5. The molecule has 4 nitrogen and oxygen atoms in total. The Bertz CT molecular complexity index is 265. The van der Waals surface area contributed by atoms with Crippen molar-refractivity contribution in [1.82, 2.24) is 20.5 Å². The van der Waals surface area contributed by atoms with Crippen molar-refractivity contribution < 1.29 is 0 Å². The Hall–Kier alpha value is -0.900. The summed E-state index contributed by atoms with van der Waals surface area (Å²) in [6, 6.07) is 0.530. The first-order valence-corrected chi connectivity index (χ1v) is 5.24. The number of H-pyrrole nitrogens is 1. The smallest absolute Gasteiger partial charge is 0.153 e. The number of nitrogens with one attached hydrogen (secondary N) is 2. The topological polar surface area (TPSA) is 53.6 Å². The highest BCUT2D eigenvalue weighted by atomic mass is 15.2. The quantitative estimate of drug-likeness (QED) is 0.749. The molecular formula is C10H20N4. The first-order valence-electron chi connectivity index (χ1n) is 5.24. The van der Waals surface area contributed by atoms with Crippen LogP contribution in [0.2, 0.25) is 0 Å². The number of hydrogen-bond donors (Lipinski definition) is 2. The van der Waals surface area contributed by atoms with E-state index < -0.39 is 0 Å². The maximum absolute atomic E-state index is 4.40. The van der Waals surface area contributed by atoms with Crippen LogP contribution in [-0.4, -0.2) is 27.8 Å². The van der Waals surface area contributed by atoms with Gasteiger partial charge in [-0.2, -0.15) is 5.10 Å². The molecule has 0 unspecified atom stereocenters. The molecule has 0 aliphatic rings. The first kappa shape index (κ1) is 11.2. The summed E-state index contributed by atoms with van der Waals surface area (Å²) < 4.78 is 0. The van der Waals surface area contributed by atoms with Crippen LogP contribution in [0.3, 0.4) is 0 Å². The van der Waals surface area contributed by atoms with Crippen molar-refractivity contribution in [2.45, 2.75) is 46.1 Å². The van der Waals surface area contributed by atoms with Gasteiger partial charge >= 0.3 is 0 Å². The molecule has 4 heteroatoms. The maximum Gasteiger partial charge on any atom is 0.153 e. The van der Waals surface area contributed by atoms with Crippen LogP contribution >= 0.6 is 0 Å². The third kappa shape index (κ3) is 3.46. The molecule has 0 aromatic carbocycles. The Morgan fingerprint density at radius 1 is 1.29 bits per heavy atom. The third-order valence-electron chi connectivity index (χ3n) is 1.98. The van der Waals surface area contributed by atoms with Crippen molar-refractivity contribution >= 4 is 0 Å². The van der Waals surface area contributed by atoms with Crippen molar-refractivity contribution in [2.24, 2.45) is 0 Å². The van der Waals surface area contributed by atoms with Gasteiger partial charge in [-0.1, -0.05) is 27.7 Å². The van der Waals surface area contributed by atoms with Crippen molar-refractivity contribution in [3.05, 3.63) is 11.6 Å². The fourth-order valence-corrected chi connectivity index (χ4v) is 1.16. The van der Waals surface area contributed by atoms with Crippen LogP contribution in [0.4, 0.5) is 0 Å². The Kier molecular flexibility index (Phi) is 4.07. The van der Waals surface area contributed by atoms with Gasteiger partial charge in [0.2, 0.25) is 0 Å². The molecule has 1 aromatic rings. The van der Waals surface area contributed by atoms with E-state index >= 15 is 0 Å². The number of nitrogens with zero attached hydrogens (tertiary/aromatic N) is 2. The molecule has 0 atom stereocenters. The van der Waals surface area contributed by atoms with E-state index in [1.165, 1.54) is 0 Å². The van der Waals surface area contributed by atoms with Gasteiger partial charge in [0.15, 0.2) is 5.82 Å². The number of aromatic amines is 1. The van der Waals surface area contributed by atoms with E-state index in [0.29, 0.717) is 12.0 Å². The van der Waals surface area contributed by atoms with Gasteiger partial charge in [0, 0.05) is 24.9 Å². The zero-order valence-electron chi connectivity index (χ0n) is 9.46. The summed E-state index contributed by atoms with van der Waals surface area (Å²) >= 11 is 0.